The lowest BCUT2D eigenvalue weighted by molar-refractivity contribution is -0.192. The van der Waals surface area contributed by atoms with Gasteiger partial charge < -0.3 is 20.4 Å². The molecule has 170 valence electrons. The average molecular weight is 450 g/mol. The van der Waals surface area contributed by atoms with Gasteiger partial charge in [0.15, 0.2) is 0 Å². The molecule has 2 aliphatic heterocycles. The molecule has 2 saturated heterocycles. The largest absolute Gasteiger partial charge is 0.490 e. The molecule has 0 aliphatic carbocycles. The highest BCUT2D eigenvalue weighted by Gasteiger charge is 2.56. The van der Waals surface area contributed by atoms with Crippen LogP contribution < -0.4 is 5.32 Å². The number of halogens is 3. The van der Waals surface area contributed by atoms with Crippen molar-refractivity contribution in [3.8, 4) is 11.1 Å². The number of carboxylic acids is 2. The minimum absolute atomic E-state index is 0.0298. The van der Waals surface area contributed by atoms with Gasteiger partial charge in [0, 0.05) is 37.7 Å². The monoisotopic (exact) mass is 450 g/mol. The molecule has 10 heteroatoms. The van der Waals surface area contributed by atoms with Crippen LogP contribution in [0.25, 0.3) is 11.1 Å². The highest BCUT2D eigenvalue weighted by atomic mass is 19.4. The van der Waals surface area contributed by atoms with Crippen LogP contribution in [0.4, 0.5) is 13.2 Å². The van der Waals surface area contributed by atoms with Crippen LogP contribution in [0.3, 0.4) is 0 Å². The van der Waals surface area contributed by atoms with Crippen molar-refractivity contribution in [1.82, 2.24) is 10.2 Å². The number of amides is 1. The van der Waals surface area contributed by atoms with E-state index in [2.05, 4.69) is 5.32 Å². The van der Waals surface area contributed by atoms with E-state index in [0.29, 0.717) is 25.2 Å². The van der Waals surface area contributed by atoms with Gasteiger partial charge in [-0.3, -0.25) is 9.59 Å². The Morgan fingerprint density at radius 1 is 1.00 bits per heavy atom. The van der Waals surface area contributed by atoms with E-state index in [0.717, 1.165) is 11.1 Å². The van der Waals surface area contributed by atoms with Gasteiger partial charge >= 0.3 is 18.1 Å². The minimum atomic E-state index is -5.08. The molecule has 0 unspecified atom stereocenters. The summed E-state index contributed by atoms with van der Waals surface area (Å²) in [4.78, 5) is 35.6. The molecule has 0 bridgehead atoms. The average Bonchev–Trinajstić information content (AvgIpc) is 3.32. The van der Waals surface area contributed by atoms with Crippen LogP contribution in [0.5, 0.6) is 0 Å². The maximum atomic E-state index is 13.1. The number of hydrogen-bond donors (Lipinski definition) is 3. The molecule has 2 atom stereocenters. The van der Waals surface area contributed by atoms with Gasteiger partial charge in [-0.1, -0.05) is 48.5 Å². The third kappa shape index (κ3) is 4.59. The van der Waals surface area contributed by atoms with Crippen molar-refractivity contribution in [1.29, 1.82) is 0 Å². The summed E-state index contributed by atoms with van der Waals surface area (Å²) in [5.74, 6) is -3.69. The van der Waals surface area contributed by atoms with Gasteiger partial charge in [0.05, 0.1) is 0 Å². The van der Waals surface area contributed by atoms with Crippen LogP contribution in [-0.2, 0) is 9.59 Å². The smallest absolute Gasteiger partial charge is 0.481 e. The Balaban J connectivity index is 0.000000360. The number of hydrogen-bond acceptors (Lipinski definition) is 4. The molecule has 3 N–H and O–H groups in total. The fourth-order valence-electron chi connectivity index (χ4n) is 4.09. The molecule has 2 heterocycles. The zero-order chi connectivity index (χ0) is 23.5. The van der Waals surface area contributed by atoms with Gasteiger partial charge in [0.25, 0.3) is 5.91 Å². The Morgan fingerprint density at radius 2 is 1.59 bits per heavy atom. The fraction of sp³-hybridized carbons (Fsp3) is 0.318. The molecular formula is C22H21F3N2O5. The van der Waals surface area contributed by atoms with Gasteiger partial charge in [-0.05, 0) is 17.2 Å². The molecule has 2 aromatic rings. The number of fused-ring (bicyclic) bond motifs is 1. The van der Waals surface area contributed by atoms with Crippen molar-refractivity contribution in [2.45, 2.75) is 6.18 Å². The van der Waals surface area contributed by atoms with Gasteiger partial charge in [0.2, 0.25) is 0 Å². The second-order valence-corrected chi connectivity index (χ2v) is 7.69. The van der Waals surface area contributed by atoms with E-state index in [1.807, 2.05) is 54.6 Å². The Hall–Kier alpha value is -3.40. The Morgan fingerprint density at radius 3 is 2.16 bits per heavy atom. The van der Waals surface area contributed by atoms with E-state index in [-0.39, 0.29) is 18.4 Å². The third-order valence-corrected chi connectivity index (χ3v) is 5.72. The van der Waals surface area contributed by atoms with Gasteiger partial charge in [-0.15, -0.1) is 0 Å². The summed E-state index contributed by atoms with van der Waals surface area (Å²) in [5.41, 5.74) is 1.65. The molecule has 1 amide bonds. The first-order chi connectivity index (χ1) is 15.1. The number of carbonyl (C=O) groups is 3. The number of carbonyl (C=O) groups excluding carboxylic acids is 1. The van der Waals surface area contributed by atoms with Crippen LogP contribution >= 0.6 is 0 Å². The van der Waals surface area contributed by atoms with Crippen molar-refractivity contribution >= 4 is 17.8 Å². The first-order valence-corrected chi connectivity index (χ1v) is 9.74. The lowest BCUT2D eigenvalue weighted by atomic mass is 9.81. The Bertz CT molecular complexity index is 1010. The molecule has 7 nitrogen and oxygen atoms in total. The van der Waals surface area contributed by atoms with Crippen LogP contribution in [0.2, 0.25) is 0 Å². The third-order valence-electron chi connectivity index (χ3n) is 5.72. The molecule has 0 spiro atoms. The second kappa shape index (κ2) is 8.99. The summed E-state index contributed by atoms with van der Waals surface area (Å²) in [6, 6.07) is 17.3. The lowest BCUT2D eigenvalue weighted by Gasteiger charge is -2.23. The molecule has 32 heavy (non-hydrogen) atoms. The standard InChI is InChI=1S/C20H20N2O3.C2HF3O2/c23-18(22-11-15-10-21-12-20(15,13-22)19(24)25)17-9-5-4-8-16(17)14-6-2-1-3-7-14;3-2(4,5)1(6)7/h1-9,15,21H,10-13H2,(H,24,25);(H,6,7)/t15-,20-;/m0./s1. The summed E-state index contributed by atoms with van der Waals surface area (Å²) in [6.45, 7) is 1.83. The molecule has 2 aromatic carbocycles. The summed E-state index contributed by atoms with van der Waals surface area (Å²) in [5, 5.41) is 20.0. The van der Waals surface area contributed by atoms with Crippen molar-refractivity contribution in [2.75, 3.05) is 26.2 Å². The zero-order valence-corrected chi connectivity index (χ0v) is 16.8. The number of rotatable bonds is 3. The quantitative estimate of drug-likeness (QED) is 0.664. The van der Waals surface area contributed by atoms with E-state index in [9.17, 15) is 27.9 Å². The molecular weight excluding hydrogens is 429 g/mol. The van der Waals surface area contributed by atoms with E-state index < -0.39 is 23.5 Å². The highest BCUT2D eigenvalue weighted by molar-refractivity contribution is 6.01. The molecule has 2 aliphatic rings. The van der Waals surface area contributed by atoms with Crippen LogP contribution in [-0.4, -0.2) is 65.3 Å². The SMILES string of the molecule is O=C(O)C(F)(F)F.O=C(c1ccccc1-c1ccccc1)N1C[C@@H]2CNC[C@]2(C(=O)O)C1. The highest BCUT2D eigenvalue weighted by Crippen LogP contribution is 2.40. The fourth-order valence-corrected chi connectivity index (χ4v) is 4.09. The number of carboxylic acid groups (broad SMARTS) is 2. The first kappa shape index (κ1) is 23.3. The Kier molecular flexibility index (Phi) is 6.54. The Labute approximate surface area is 181 Å². The number of nitrogens with one attached hydrogen (secondary N) is 1. The summed E-state index contributed by atoms with van der Waals surface area (Å²) >= 11 is 0. The maximum Gasteiger partial charge on any atom is 0.490 e. The second-order valence-electron chi connectivity index (χ2n) is 7.69. The summed E-state index contributed by atoms with van der Waals surface area (Å²) < 4.78 is 31.7. The van der Waals surface area contributed by atoms with E-state index in [1.165, 1.54) is 0 Å². The number of likely N-dealkylation sites (tertiary alicyclic amines) is 1. The number of alkyl halides is 3. The van der Waals surface area contributed by atoms with Gasteiger partial charge in [0.1, 0.15) is 5.41 Å². The van der Waals surface area contributed by atoms with Crippen molar-refractivity contribution in [2.24, 2.45) is 11.3 Å². The van der Waals surface area contributed by atoms with Crippen LogP contribution in [0.15, 0.2) is 54.6 Å². The van der Waals surface area contributed by atoms with Crippen LogP contribution in [0.1, 0.15) is 10.4 Å². The van der Waals surface area contributed by atoms with Crippen molar-refractivity contribution < 1.29 is 37.8 Å². The van der Waals surface area contributed by atoms with E-state index in [4.69, 9.17) is 9.90 Å². The first-order valence-electron chi connectivity index (χ1n) is 9.74. The minimum Gasteiger partial charge on any atom is -0.481 e. The maximum absolute atomic E-state index is 13.1. The molecule has 2 fully saturated rings. The van der Waals surface area contributed by atoms with Gasteiger partial charge in [-0.2, -0.15) is 13.2 Å². The normalized spacial score (nSPS) is 22.0. The summed E-state index contributed by atoms with van der Waals surface area (Å²) in [6.07, 6.45) is -5.08. The zero-order valence-electron chi connectivity index (χ0n) is 16.8. The predicted molar refractivity (Wildman–Crippen MR) is 108 cm³/mol. The van der Waals surface area contributed by atoms with Crippen molar-refractivity contribution in [3.05, 3.63) is 60.2 Å². The molecule has 0 aromatic heterocycles. The van der Waals surface area contributed by atoms with Gasteiger partial charge in [-0.25, -0.2) is 4.79 Å². The lowest BCUT2D eigenvalue weighted by Crippen LogP contribution is -2.41. The van der Waals surface area contributed by atoms with Crippen molar-refractivity contribution in [3.63, 3.8) is 0 Å². The predicted octanol–water partition coefficient (Wildman–Crippen LogP) is 2.73. The van der Waals surface area contributed by atoms with E-state index >= 15 is 0 Å². The number of aliphatic carboxylic acids is 2. The topological polar surface area (TPSA) is 107 Å². The number of nitrogens with zero attached hydrogens (tertiary/aromatic N) is 1. The molecule has 4 rings (SSSR count). The molecule has 0 radical (unpaired) electrons. The van der Waals surface area contributed by atoms with E-state index in [1.54, 1.807) is 4.90 Å². The summed E-state index contributed by atoms with van der Waals surface area (Å²) in [7, 11) is 0. The number of benzene rings is 2. The molecule has 0 saturated carbocycles. The van der Waals surface area contributed by atoms with Crippen LogP contribution in [0, 0.1) is 11.3 Å².